The summed E-state index contributed by atoms with van der Waals surface area (Å²) in [7, 11) is 0. The molecule has 0 spiro atoms. The van der Waals surface area contributed by atoms with E-state index in [0.29, 0.717) is 47.2 Å². The van der Waals surface area contributed by atoms with Gasteiger partial charge in [0.2, 0.25) is 0 Å². The van der Waals surface area contributed by atoms with Crippen LogP contribution in [0.2, 0.25) is 0 Å². The number of aliphatic imine (C=N–C) groups is 1. The van der Waals surface area contributed by atoms with Crippen molar-refractivity contribution in [3.63, 3.8) is 0 Å². The summed E-state index contributed by atoms with van der Waals surface area (Å²) in [5, 5.41) is 16.2. The van der Waals surface area contributed by atoms with Gasteiger partial charge in [0.1, 0.15) is 11.8 Å². The zero-order chi connectivity index (χ0) is 30.8. The molecule has 43 heavy (non-hydrogen) atoms. The molecule has 1 unspecified atom stereocenters. The number of halogens is 2. The van der Waals surface area contributed by atoms with E-state index in [1.807, 2.05) is 56.3 Å². The summed E-state index contributed by atoms with van der Waals surface area (Å²) in [4.78, 5) is 13.8. The molecule has 0 amide bonds. The lowest BCUT2D eigenvalue weighted by atomic mass is 9.99. The Morgan fingerprint density at radius 3 is 2.60 bits per heavy atom. The molecule has 1 saturated heterocycles. The minimum atomic E-state index is -0.961. The molecule has 1 aromatic heterocycles. The molecule has 3 aromatic rings. The van der Waals surface area contributed by atoms with Crippen LogP contribution in [0.25, 0.3) is 11.3 Å². The Bertz CT molecular complexity index is 1580. The third-order valence-corrected chi connectivity index (χ3v) is 7.34. The average Bonchev–Trinajstić information content (AvgIpc) is 3.54. The second-order valence-electron chi connectivity index (χ2n) is 10.4. The van der Waals surface area contributed by atoms with Crippen LogP contribution in [-0.2, 0) is 6.54 Å². The molecule has 1 fully saturated rings. The summed E-state index contributed by atoms with van der Waals surface area (Å²) in [5.41, 5.74) is 11.7. The van der Waals surface area contributed by atoms with Crippen molar-refractivity contribution in [3.05, 3.63) is 113 Å². The molecule has 222 valence electrons. The highest BCUT2D eigenvalue weighted by atomic mass is 19.2. The maximum atomic E-state index is 14.1. The molecule has 4 N–H and O–H groups in total. The fourth-order valence-electron chi connectivity index (χ4n) is 4.99. The Kier molecular flexibility index (Phi) is 10.9. The number of hydrogen-bond acceptors (Lipinski definition) is 7. The van der Waals surface area contributed by atoms with Crippen LogP contribution in [0.15, 0.2) is 78.1 Å². The van der Waals surface area contributed by atoms with E-state index in [-0.39, 0.29) is 5.69 Å². The van der Waals surface area contributed by atoms with Crippen molar-refractivity contribution in [3.8, 4) is 6.07 Å². The molecule has 1 aliphatic heterocycles. The number of hydrogen-bond donors (Lipinski definition) is 3. The van der Waals surface area contributed by atoms with E-state index in [9.17, 15) is 14.0 Å². The van der Waals surface area contributed by atoms with Gasteiger partial charge in [-0.25, -0.2) is 18.7 Å². The van der Waals surface area contributed by atoms with E-state index in [2.05, 4.69) is 27.2 Å². The molecule has 0 saturated carbocycles. The topological polar surface area (TPSA) is 112 Å². The average molecular weight is 582 g/mol. The normalized spacial score (nSPS) is 15.8. The van der Waals surface area contributed by atoms with Gasteiger partial charge in [-0.05, 0) is 80.4 Å². The summed E-state index contributed by atoms with van der Waals surface area (Å²) >= 11 is 0. The summed E-state index contributed by atoms with van der Waals surface area (Å²) in [6.45, 7) is 10.3. The molecule has 9 heteroatoms. The number of nitrogens with zero attached hydrogens (tertiary/aromatic N) is 4. The molecule has 0 radical (unpaired) electrons. The van der Waals surface area contributed by atoms with Gasteiger partial charge in [0, 0.05) is 17.8 Å². The highest BCUT2D eigenvalue weighted by Gasteiger charge is 2.18. The van der Waals surface area contributed by atoms with Gasteiger partial charge in [-0.15, -0.1) is 0 Å². The van der Waals surface area contributed by atoms with Gasteiger partial charge in [-0.3, -0.25) is 4.99 Å². The van der Waals surface area contributed by atoms with Gasteiger partial charge >= 0.3 is 0 Å². The highest BCUT2D eigenvalue weighted by molar-refractivity contribution is 6.01. The summed E-state index contributed by atoms with van der Waals surface area (Å²) in [6, 6.07) is 13.7. The first-order chi connectivity index (χ1) is 20.8. The van der Waals surface area contributed by atoms with Crippen molar-refractivity contribution < 1.29 is 8.78 Å². The number of aromatic nitrogens is 2. The predicted octanol–water partition coefficient (Wildman–Crippen LogP) is 6.74. The minimum Gasteiger partial charge on any atom is -0.398 e. The van der Waals surface area contributed by atoms with Crippen LogP contribution in [0.4, 0.5) is 14.6 Å². The number of benzene rings is 2. The Balaban J connectivity index is 1.53. The van der Waals surface area contributed by atoms with Gasteiger partial charge in [0.05, 0.1) is 17.6 Å². The molecule has 4 rings (SSSR count). The standard InChI is InChI=1S/C34H37F2N7/c1-4-6-28(26-12-13-29(35)30(36)17-26)33-34(41-21-27(18-37)42-33)40-20-23-7-10-25(11-8-23)31(5-2)43-32(22(3)38)14-9-24-15-16-39-19-24/h5-8,10-13,17,21,24,39H,3-4,9,14-16,19-20,38H2,1-2H3,(H,40,41)/b28-6?,31-5-,43-32?. The minimum absolute atomic E-state index is 0.119. The van der Waals surface area contributed by atoms with Crippen molar-refractivity contribution in [1.29, 1.82) is 5.26 Å². The Morgan fingerprint density at radius 2 is 1.98 bits per heavy atom. The van der Waals surface area contributed by atoms with Crippen LogP contribution in [0, 0.1) is 28.9 Å². The lowest BCUT2D eigenvalue weighted by Gasteiger charge is -2.15. The quantitative estimate of drug-likeness (QED) is 0.204. The fourth-order valence-corrected chi connectivity index (χ4v) is 4.99. The lowest BCUT2D eigenvalue weighted by molar-refractivity contribution is 0.508. The Morgan fingerprint density at radius 1 is 1.21 bits per heavy atom. The molecule has 0 bridgehead atoms. The van der Waals surface area contributed by atoms with E-state index in [0.717, 1.165) is 60.6 Å². The summed E-state index contributed by atoms with van der Waals surface area (Å²) < 4.78 is 27.8. The fraction of sp³-hybridized carbons (Fsp3) is 0.294. The van der Waals surface area contributed by atoms with Gasteiger partial charge < -0.3 is 16.4 Å². The van der Waals surface area contributed by atoms with Crippen LogP contribution in [0.3, 0.4) is 0 Å². The molecular formula is C34H37F2N7. The summed E-state index contributed by atoms with van der Waals surface area (Å²) in [5.74, 6) is -0.833. The molecular weight excluding hydrogens is 544 g/mol. The number of rotatable bonds is 12. The van der Waals surface area contributed by atoms with E-state index in [1.54, 1.807) is 0 Å². The van der Waals surface area contributed by atoms with E-state index in [4.69, 9.17) is 10.7 Å². The molecule has 2 heterocycles. The molecule has 1 aliphatic rings. The van der Waals surface area contributed by atoms with Gasteiger partial charge in [0.25, 0.3) is 0 Å². The van der Waals surface area contributed by atoms with Gasteiger partial charge in [-0.1, -0.05) is 56.0 Å². The molecule has 0 aliphatic carbocycles. The van der Waals surface area contributed by atoms with Crippen LogP contribution < -0.4 is 16.4 Å². The number of nitrogens with two attached hydrogens (primary N) is 1. The van der Waals surface area contributed by atoms with Crippen molar-refractivity contribution in [2.45, 2.75) is 46.1 Å². The Hall–Kier alpha value is -4.68. The molecule has 2 aromatic carbocycles. The van der Waals surface area contributed by atoms with E-state index in [1.165, 1.54) is 18.7 Å². The zero-order valence-electron chi connectivity index (χ0n) is 24.6. The van der Waals surface area contributed by atoms with E-state index >= 15 is 0 Å². The monoisotopic (exact) mass is 581 g/mol. The first-order valence-corrected chi connectivity index (χ1v) is 14.5. The highest BCUT2D eigenvalue weighted by Crippen LogP contribution is 2.29. The third-order valence-electron chi connectivity index (χ3n) is 7.34. The number of anilines is 1. The first-order valence-electron chi connectivity index (χ1n) is 14.5. The lowest BCUT2D eigenvalue weighted by Crippen LogP contribution is -2.14. The van der Waals surface area contributed by atoms with Crippen LogP contribution in [0.1, 0.15) is 67.6 Å². The van der Waals surface area contributed by atoms with Gasteiger partial charge in [-0.2, -0.15) is 5.26 Å². The molecule has 1 atom stereocenters. The van der Waals surface area contributed by atoms with Crippen molar-refractivity contribution in [2.24, 2.45) is 16.6 Å². The largest absolute Gasteiger partial charge is 0.398 e. The predicted molar refractivity (Wildman–Crippen MR) is 169 cm³/mol. The summed E-state index contributed by atoms with van der Waals surface area (Å²) in [6.07, 6.45) is 8.79. The van der Waals surface area contributed by atoms with Crippen LogP contribution >= 0.6 is 0 Å². The number of nitriles is 1. The van der Waals surface area contributed by atoms with Crippen LogP contribution in [-0.4, -0.2) is 28.8 Å². The van der Waals surface area contributed by atoms with Gasteiger partial charge in [0.15, 0.2) is 23.1 Å². The van der Waals surface area contributed by atoms with E-state index < -0.39 is 11.6 Å². The van der Waals surface area contributed by atoms with Crippen molar-refractivity contribution in [1.82, 2.24) is 15.3 Å². The first kappa shape index (κ1) is 31.3. The second-order valence-corrected chi connectivity index (χ2v) is 10.4. The molecule has 7 nitrogen and oxygen atoms in total. The second kappa shape index (κ2) is 15.0. The van der Waals surface area contributed by atoms with Crippen molar-refractivity contribution in [2.75, 3.05) is 18.4 Å². The van der Waals surface area contributed by atoms with Crippen molar-refractivity contribution >= 4 is 22.8 Å². The zero-order valence-corrected chi connectivity index (χ0v) is 24.6. The maximum Gasteiger partial charge on any atom is 0.159 e. The smallest absolute Gasteiger partial charge is 0.159 e. The number of nitrogens with one attached hydrogen (secondary N) is 2. The van der Waals surface area contributed by atoms with Crippen LogP contribution in [0.5, 0.6) is 0 Å². The third kappa shape index (κ3) is 8.21. The maximum absolute atomic E-state index is 14.1. The SMILES string of the molecule is C=C(N)C(CCC1CCNC1)=N/C(=C\C)c1ccc(CNc2ncc(C#N)nc2C(=CCC)c2ccc(F)c(F)c2)cc1. The Labute approximate surface area is 252 Å². The number of allylic oxidation sites excluding steroid dienone is 3.